The molecule has 1 saturated heterocycles. The van der Waals surface area contributed by atoms with Crippen molar-refractivity contribution in [1.82, 2.24) is 4.90 Å². The Bertz CT molecular complexity index is 125. The molecule has 2 heteroatoms. The lowest BCUT2D eigenvalue weighted by Crippen LogP contribution is -2.32. The van der Waals surface area contributed by atoms with Gasteiger partial charge in [-0.15, -0.1) is 0 Å². The maximum atomic E-state index is 12.1. The Balaban J connectivity index is 2.30. The fourth-order valence-corrected chi connectivity index (χ4v) is 2.11. The molecule has 0 radical (unpaired) electrons. The first kappa shape index (κ1) is 9.97. The van der Waals surface area contributed by atoms with Crippen LogP contribution < -0.4 is 0 Å². The van der Waals surface area contributed by atoms with Crippen LogP contribution in [-0.2, 0) is 0 Å². The average molecular weight is 173 g/mol. The number of likely N-dealkylation sites (tertiary alicyclic amines) is 1. The zero-order valence-corrected chi connectivity index (χ0v) is 8.22. The van der Waals surface area contributed by atoms with E-state index in [1.54, 1.807) is 0 Å². The maximum Gasteiger partial charge on any atom is 0.102 e. The highest BCUT2D eigenvalue weighted by Gasteiger charge is 2.24. The third-order valence-corrected chi connectivity index (χ3v) is 2.61. The van der Waals surface area contributed by atoms with Gasteiger partial charge >= 0.3 is 0 Å². The second-order valence-corrected chi connectivity index (χ2v) is 4.15. The van der Waals surface area contributed by atoms with Crippen LogP contribution in [0.15, 0.2) is 0 Å². The van der Waals surface area contributed by atoms with E-state index >= 15 is 0 Å². The highest BCUT2D eigenvalue weighted by Crippen LogP contribution is 2.22. The molecular weight excluding hydrogens is 153 g/mol. The number of alkyl halides is 1. The summed E-state index contributed by atoms with van der Waals surface area (Å²) in [6.45, 7) is 6.06. The van der Waals surface area contributed by atoms with E-state index in [-0.39, 0.29) is 6.67 Å². The molecule has 0 aromatic heterocycles. The minimum atomic E-state index is -0.186. The van der Waals surface area contributed by atoms with Crippen molar-refractivity contribution in [1.29, 1.82) is 0 Å². The second kappa shape index (κ2) is 4.80. The van der Waals surface area contributed by atoms with Crippen LogP contribution in [0.2, 0.25) is 0 Å². The quantitative estimate of drug-likeness (QED) is 0.631. The molecule has 72 valence electrons. The standard InChI is InChI=1S/C10H20FN/c1-9(2)8-10-4-3-6-12(10)7-5-11/h9-10H,3-8H2,1-2H3/t10-/m1/s1. The van der Waals surface area contributed by atoms with Crippen molar-refractivity contribution in [2.45, 2.75) is 39.2 Å². The SMILES string of the molecule is CC(C)C[C@H]1CCCN1CCF. The third kappa shape index (κ3) is 2.74. The lowest BCUT2D eigenvalue weighted by atomic mass is 10.0. The summed E-state index contributed by atoms with van der Waals surface area (Å²) in [6.07, 6.45) is 3.77. The molecule has 1 aliphatic rings. The minimum Gasteiger partial charge on any atom is -0.298 e. The van der Waals surface area contributed by atoms with Gasteiger partial charge in [0.25, 0.3) is 0 Å². The number of hydrogen-bond donors (Lipinski definition) is 0. The number of halogens is 1. The summed E-state index contributed by atoms with van der Waals surface area (Å²) in [4.78, 5) is 2.31. The molecular formula is C10H20FN. The largest absolute Gasteiger partial charge is 0.298 e. The molecule has 0 aliphatic carbocycles. The minimum absolute atomic E-state index is 0.186. The molecule has 1 atom stereocenters. The summed E-state index contributed by atoms with van der Waals surface area (Å²) in [5, 5.41) is 0. The Hall–Kier alpha value is -0.110. The first-order valence-corrected chi connectivity index (χ1v) is 5.04. The summed E-state index contributed by atoms with van der Waals surface area (Å²) < 4.78 is 12.1. The van der Waals surface area contributed by atoms with Gasteiger partial charge in [0.1, 0.15) is 6.67 Å². The monoisotopic (exact) mass is 173 g/mol. The molecule has 0 bridgehead atoms. The molecule has 0 N–H and O–H groups in total. The zero-order valence-electron chi connectivity index (χ0n) is 8.22. The summed E-state index contributed by atoms with van der Waals surface area (Å²) in [7, 11) is 0. The molecule has 1 fully saturated rings. The van der Waals surface area contributed by atoms with Crippen LogP contribution in [0, 0.1) is 5.92 Å². The van der Waals surface area contributed by atoms with Crippen LogP contribution in [0.25, 0.3) is 0 Å². The fraction of sp³-hybridized carbons (Fsp3) is 1.00. The Morgan fingerprint density at radius 3 is 2.83 bits per heavy atom. The lowest BCUT2D eigenvalue weighted by Gasteiger charge is -2.24. The van der Waals surface area contributed by atoms with E-state index in [0.717, 1.165) is 12.5 Å². The molecule has 1 heterocycles. The molecule has 1 rings (SSSR count). The van der Waals surface area contributed by atoms with Crippen LogP contribution >= 0.6 is 0 Å². The normalized spacial score (nSPS) is 25.5. The van der Waals surface area contributed by atoms with Crippen LogP contribution in [-0.4, -0.2) is 30.7 Å². The van der Waals surface area contributed by atoms with Crippen molar-refractivity contribution in [3.8, 4) is 0 Å². The van der Waals surface area contributed by atoms with Crippen molar-refractivity contribution in [2.24, 2.45) is 5.92 Å². The molecule has 0 spiro atoms. The molecule has 1 aliphatic heterocycles. The number of hydrogen-bond acceptors (Lipinski definition) is 1. The summed E-state index contributed by atoms with van der Waals surface area (Å²) in [5.74, 6) is 0.746. The van der Waals surface area contributed by atoms with Crippen molar-refractivity contribution >= 4 is 0 Å². The van der Waals surface area contributed by atoms with Crippen LogP contribution in [0.4, 0.5) is 4.39 Å². The average Bonchev–Trinajstić information content (AvgIpc) is 2.37. The Morgan fingerprint density at radius 2 is 2.25 bits per heavy atom. The second-order valence-electron chi connectivity index (χ2n) is 4.15. The van der Waals surface area contributed by atoms with E-state index in [1.807, 2.05) is 0 Å². The predicted molar refractivity (Wildman–Crippen MR) is 50.0 cm³/mol. The molecule has 0 saturated carbocycles. The van der Waals surface area contributed by atoms with E-state index < -0.39 is 0 Å². The van der Waals surface area contributed by atoms with Gasteiger partial charge in [0.2, 0.25) is 0 Å². The molecule has 0 aromatic carbocycles. The van der Waals surface area contributed by atoms with Gasteiger partial charge in [0.05, 0.1) is 0 Å². The first-order chi connectivity index (χ1) is 5.74. The molecule has 1 nitrogen and oxygen atoms in total. The van der Waals surface area contributed by atoms with Crippen molar-refractivity contribution in [3.05, 3.63) is 0 Å². The highest BCUT2D eigenvalue weighted by molar-refractivity contribution is 4.79. The van der Waals surface area contributed by atoms with Crippen molar-refractivity contribution in [2.75, 3.05) is 19.8 Å². The van der Waals surface area contributed by atoms with Gasteiger partial charge in [-0.3, -0.25) is 4.90 Å². The summed E-state index contributed by atoms with van der Waals surface area (Å²) in [6, 6.07) is 0.667. The Morgan fingerprint density at radius 1 is 1.50 bits per heavy atom. The van der Waals surface area contributed by atoms with E-state index in [0.29, 0.717) is 12.6 Å². The lowest BCUT2D eigenvalue weighted by molar-refractivity contribution is 0.208. The van der Waals surface area contributed by atoms with Gasteiger partial charge in [-0.25, -0.2) is 4.39 Å². The Labute approximate surface area is 74.9 Å². The summed E-state index contributed by atoms with van der Waals surface area (Å²) >= 11 is 0. The van der Waals surface area contributed by atoms with Crippen molar-refractivity contribution in [3.63, 3.8) is 0 Å². The highest BCUT2D eigenvalue weighted by atomic mass is 19.1. The zero-order chi connectivity index (χ0) is 8.97. The van der Waals surface area contributed by atoms with E-state index in [2.05, 4.69) is 18.7 Å². The van der Waals surface area contributed by atoms with Crippen LogP contribution in [0.1, 0.15) is 33.1 Å². The molecule has 0 unspecified atom stereocenters. The third-order valence-electron chi connectivity index (χ3n) is 2.61. The molecule has 0 aromatic rings. The van der Waals surface area contributed by atoms with E-state index in [4.69, 9.17) is 0 Å². The van der Waals surface area contributed by atoms with Gasteiger partial charge in [-0.2, -0.15) is 0 Å². The predicted octanol–water partition coefficient (Wildman–Crippen LogP) is 2.47. The molecule has 0 amide bonds. The smallest absolute Gasteiger partial charge is 0.102 e. The van der Waals surface area contributed by atoms with Gasteiger partial charge in [-0.1, -0.05) is 13.8 Å². The van der Waals surface area contributed by atoms with Gasteiger partial charge in [-0.05, 0) is 31.7 Å². The van der Waals surface area contributed by atoms with Gasteiger partial charge in [0, 0.05) is 12.6 Å². The topological polar surface area (TPSA) is 3.24 Å². The Kier molecular flexibility index (Phi) is 3.99. The van der Waals surface area contributed by atoms with Crippen LogP contribution in [0.3, 0.4) is 0 Å². The van der Waals surface area contributed by atoms with Crippen molar-refractivity contribution < 1.29 is 4.39 Å². The van der Waals surface area contributed by atoms with Gasteiger partial charge in [0.15, 0.2) is 0 Å². The number of rotatable bonds is 4. The van der Waals surface area contributed by atoms with E-state index in [9.17, 15) is 4.39 Å². The van der Waals surface area contributed by atoms with E-state index in [1.165, 1.54) is 19.3 Å². The maximum absolute atomic E-state index is 12.1. The van der Waals surface area contributed by atoms with Gasteiger partial charge < -0.3 is 0 Å². The number of nitrogens with zero attached hydrogens (tertiary/aromatic N) is 1. The summed E-state index contributed by atoms with van der Waals surface area (Å²) in [5.41, 5.74) is 0. The molecule has 12 heavy (non-hydrogen) atoms. The van der Waals surface area contributed by atoms with Crippen LogP contribution in [0.5, 0.6) is 0 Å². The first-order valence-electron chi connectivity index (χ1n) is 5.04. The fourth-order valence-electron chi connectivity index (χ4n) is 2.11.